The van der Waals surface area contributed by atoms with Crippen LogP contribution in [0.3, 0.4) is 0 Å². The molecule has 31 heavy (non-hydrogen) atoms. The number of nitrogens with zero attached hydrogens (tertiary/aromatic N) is 1. The van der Waals surface area contributed by atoms with Gasteiger partial charge in [-0.1, -0.05) is 38.5 Å². The molecule has 1 N–H and O–H groups in total. The van der Waals surface area contributed by atoms with Crippen LogP contribution >= 0.6 is 22.7 Å². The number of hydrogen-bond acceptors (Lipinski definition) is 5. The van der Waals surface area contributed by atoms with E-state index < -0.39 is 5.41 Å². The standard InChI is InChI=1S/C24H30N2O3S2/c1-24(2,3)20(27)15-22-26(23(29)19(31-22)14-18-10-7-13-30-18)16-21(28)25-12-11-17-8-5-4-6-9-17/h7-8,10,13-15H,4-6,9,11-12,16H2,1-3H3,(H,25,28)/b19-14-,22-15-. The van der Waals surface area contributed by atoms with E-state index in [-0.39, 0.29) is 23.8 Å². The zero-order valence-electron chi connectivity index (χ0n) is 18.4. The summed E-state index contributed by atoms with van der Waals surface area (Å²) in [4.78, 5) is 39.1. The lowest BCUT2D eigenvalue weighted by Crippen LogP contribution is -2.39. The van der Waals surface area contributed by atoms with E-state index in [1.54, 1.807) is 0 Å². The van der Waals surface area contributed by atoms with Crippen molar-refractivity contribution in [2.24, 2.45) is 5.41 Å². The number of carbonyl (C=O) groups excluding carboxylic acids is 2. The Morgan fingerprint density at radius 1 is 1.26 bits per heavy atom. The Hall–Kier alpha value is -2.25. The van der Waals surface area contributed by atoms with Gasteiger partial charge in [0.25, 0.3) is 5.56 Å². The van der Waals surface area contributed by atoms with E-state index in [1.165, 1.54) is 51.7 Å². The minimum atomic E-state index is -0.557. The Bertz CT molecular complexity index is 1130. The first kappa shape index (κ1) is 23.4. The maximum Gasteiger partial charge on any atom is 0.269 e. The van der Waals surface area contributed by atoms with Crippen LogP contribution in [0.25, 0.3) is 12.2 Å². The number of amides is 1. The maximum absolute atomic E-state index is 13.0. The Morgan fingerprint density at radius 2 is 2.06 bits per heavy atom. The van der Waals surface area contributed by atoms with Crippen molar-refractivity contribution < 1.29 is 9.59 Å². The van der Waals surface area contributed by atoms with Gasteiger partial charge in [-0.25, -0.2) is 0 Å². The molecule has 2 heterocycles. The van der Waals surface area contributed by atoms with Crippen molar-refractivity contribution in [2.45, 2.75) is 59.4 Å². The van der Waals surface area contributed by atoms with Gasteiger partial charge in [-0.15, -0.1) is 22.7 Å². The fourth-order valence-corrected chi connectivity index (χ4v) is 5.08. The molecule has 0 saturated carbocycles. The molecule has 0 saturated heterocycles. The largest absolute Gasteiger partial charge is 0.354 e. The van der Waals surface area contributed by atoms with Crippen LogP contribution in [0.4, 0.5) is 0 Å². The molecule has 2 aromatic rings. The highest BCUT2D eigenvalue weighted by Crippen LogP contribution is 2.19. The fourth-order valence-electron chi connectivity index (χ4n) is 3.32. The van der Waals surface area contributed by atoms with Gasteiger partial charge in [0, 0.05) is 22.9 Å². The van der Waals surface area contributed by atoms with Crippen LogP contribution in [-0.2, 0) is 16.1 Å². The summed E-state index contributed by atoms with van der Waals surface area (Å²) in [6.07, 6.45) is 11.1. The van der Waals surface area contributed by atoms with Crippen LogP contribution < -0.4 is 20.1 Å². The number of Topliss-reactive ketones (excluding diaryl/α,β-unsaturated/α-hetero) is 1. The molecule has 0 radical (unpaired) electrons. The van der Waals surface area contributed by atoms with Gasteiger partial charge in [0.1, 0.15) is 11.2 Å². The molecule has 2 aromatic heterocycles. The molecule has 7 heteroatoms. The lowest BCUT2D eigenvalue weighted by atomic mass is 9.91. The SMILES string of the molecule is CC(C)(C)C(=O)/C=c1\s/c(=C\c2cccs2)c(=O)n1CC(=O)NCCC1=CCCCC1. The molecule has 0 spiro atoms. The highest BCUT2D eigenvalue weighted by Gasteiger charge is 2.20. The molecule has 1 amide bonds. The fraction of sp³-hybridized carbons (Fsp3) is 0.458. The number of thiophene rings is 1. The molecule has 0 aromatic carbocycles. The van der Waals surface area contributed by atoms with Crippen LogP contribution in [0.1, 0.15) is 57.8 Å². The zero-order valence-corrected chi connectivity index (χ0v) is 20.0. The van der Waals surface area contributed by atoms with E-state index in [0.717, 1.165) is 24.1 Å². The van der Waals surface area contributed by atoms with Crippen LogP contribution in [0.5, 0.6) is 0 Å². The third-order valence-corrected chi connectivity index (χ3v) is 7.08. The minimum absolute atomic E-state index is 0.0742. The van der Waals surface area contributed by atoms with Crippen molar-refractivity contribution >= 4 is 46.5 Å². The number of rotatable bonds is 7. The van der Waals surface area contributed by atoms with Gasteiger partial charge in [-0.2, -0.15) is 0 Å². The summed E-state index contributed by atoms with van der Waals surface area (Å²) in [5.74, 6) is -0.286. The minimum Gasteiger partial charge on any atom is -0.354 e. The average Bonchev–Trinajstić information content (AvgIpc) is 3.32. The van der Waals surface area contributed by atoms with E-state index in [2.05, 4.69) is 11.4 Å². The normalized spacial score (nSPS) is 15.8. The summed E-state index contributed by atoms with van der Waals surface area (Å²) in [5.41, 5.74) is 0.603. The van der Waals surface area contributed by atoms with Crippen molar-refractivity contribution in [1.82, 2.24) is 9.88 Å². The first-order valence-electron chi connectivity index (χ1n) is 10.7. The van der Waals surface area contributed by atoms with Crippen molar-refractivity contribution in [3.63, 3.8) is 0 Å². The number of allylic oxidation sites excluding steroid dienone is 1. The first-order valence-corrected chi connectivity index (χ1v) is 12.4. The molecular weight excluding hydrogens is 428 g/mol. The number of carbonyl (C=O) groups is 2. The lowest BCUT2D eigenvalue weighted by molar-refractivity contribution is -0.122. The summed E-state index contributed by atoms with van der Waals surface area (Å²) in [6, 6.07) is 3.86. The van der Waals surface area contributed by atoms with Crippen molar-refractivity contribution in [3.05, 3.63) is 53.6 Å². The van der Waals surface area contributed by atoms with E-state index in [0.29, 0.717) is 15.7 Å². The second-order valence-electron chi connectivity index (χ2n) is 8.82. The molecule has 0 fully saturated rings. The van der Waals surface area contributed by atoms with Gasteiger partial charge in [0.2, 0.25) is 5.91 Å². The molecular formula is C24H30N2O3S2. The highest BCUT2D eigenvalue weighted by molar-refractivity contribution is 7.11. The Balaban J connectivity index is 1.83. The van der Waals surface area contributed by atoms with Crippen molar-refractivity contribution in [1.29, 1.82) is 0 Å². The molecule has 166 valence electrons. The number of nitrogens with one attached hydrogen (secondary N) is 1. The van der Waals surface area contributed by atoms with Crippen molar-refractivity contribution in [3.8, 4) is 0 Å². The molecule has 0 unspecified atom stereocenters. The number of hydrogen-bond donors (Lipinski definition) is 1. The van der Waals surface area contributed by atoms with Crippen LogP contribution in [0, 0.1) is 5.41 Å². The van der Waals surface area contributed by atoms with Gasteiger partial charge in [0.15, 0.2) is 5.78 Å². The second-order valence-corrected chi connectivity index (χ2v) is 10.9. The monoisotopic (exact) mass is 458 g/mol. The van der Waals surface area contributed by atoms with Gasteiger partial charge in [-0.05, 0) is 49.6 Å². The van der Waals surface area contributed by atoms with Crippen LogP contribution in [0.2, 0.25) is 0 Å². The van der Waals surface area contributed by atoms with Crippen LogP contribution in [0.15, 0.2) is 34.0 Å². The quantitative estimate of drug-likeness (QED) is 0.648. The lowest BCUT2D eigenvalue weighted by Gasteiger charge is -2.13. The van der Waals surface area contributed by atoms with Gasteiger partial charge >= 0.3 is 0 Å². The zero-order chi connectivity index (χ0) is 22.4. The molecule has 1 aliphatic rings. The molecule has 0 bridgehead atoms. The summed E-state index contributed by atoms with van der Waals surface area (Å²) in [5, 5.41) is 4.88. The third kappa shape index (κ3) is 6.61. The first-order chi connectivity index (χ1) is 14.7. The van der Waals surface area contributed by atoms with E-state index in [4.69, 9.17) is 0 Å². The predicted octanol–water partition coefficient (Wildman–Crippen LogP) is 3.20. The Morgan fingerprint density at radius 3 is 2.71 bits per heavy atom. The topological polar surface area (TPSA) is 68.2 Å². The smallest absolute Gasteiger partial charge is 0.269 e. The summed E-state index contributed by atoms with van der Waals surface area (Å²) in [7, 11) is 0. The molecule has 5 nitrogen and oxygen atoms in total. The maximum atomic E-state index is 13.0. The molecule has 1 aliphatic carbocycles. The average molecular weight is 459 g/mol. The molecule has 0 atom stereocenters. The summed E-state index contributed by atoms with van der Waals surface area (Å²) >= 11 is 2.79. The number of ketones is 1. The number of thiazole rings is 1. The summed E-state index contributed by atoms with van der Waals surface area (Å²) in [6.45, 7) is 6.00. The summed E-state index contributed by atoms with van der Waals surface area (Å²) < 4.78 is 2.46. The number of aromatic nitrogens is 1. The van der Waals surface area contributed by atoms with E-state index in [9.17, 15) is 14.4 Å². The Labute approximate surface area is 190 Å². The van der Waals surface area contributed by atoms with Crippen LogP contribution in [-0.4, -0.2) is 22.8 Å². The van der Waals surface area contributed by atoms with E-state index >= 15 is 0 Å². The van der Waals surface area contributed by atoms with E-state index in [1.807, 2.05) is 44.4 Å². The van der Waals surface area contributed by atoms with Gasteiger partial charge < -0.3 is 5.32 Å². The van der Waals surface area contributed by atoms with Gasteiger partial charge in [0.05, 0.1) is 4.53 Å². The van der Waals surface area contributed by atoms with Crippen molar-refractivity contribution in [2.75, 3.05) is 6.54 Å². The Kier molecular flexibility index (Phi) is 7.84. The molecule has 3 rings (SSSR count). The third-order valence-electron chi connectivity index (χ3n) is 5.20. The highest BCUT2D eigenvalue weighted by atomic mass is 32.1. The second kappa shape index (κ2) is 10.4. The van der Waals surface area contributed by atoms with Gasteiger partial charge in [-0.3, -0.25) is 19.0 Å². The predicted molar refractivity (Wildman–Crippen MR) is 129 cm³/mol. The molecule has 0 aliphatic heterocycles.